The Labute approximate surface area is 386 Å². The molecule has 0 N–H and O–H groups in total. The van der Waals surface area contributed by atoms with Gasteiger partial charge in [-0.2, -0.15) is 0 Å². The highest BCUT2D eigenvalue weighted by molar-refractivity contribution is 7.25. The normalized spacial score (nSPS) is 11.9. The Balaban J connectivity index is 0.842. The summed E-state index contributed by atoms with van der Waals surface area (Å²) in [5.41, 5.74) is 10.7. The van der Waals surface area contributed by atoms with E-state index in [1.807, 2.05) is 18.2 Å². The molecule has 0 aliphatic carbocycles. The number of pyridine rings is 3. The summed E-state index contributed by atoms with van der Waals surface area (Å²) in [6.45, 7) is 0. The van der Waals surface area contributed by atoms with Crippen LogP contribution in [0.15, 0.2) is 211 Å². The monoisotopic (exact) mass is 878 g/mol. The molecule has 0 atom stereocenters. The number of hydrogen-bond donors (Lipinski definition) is 0. The lowest BCUT2D eigenvalue weighted by molar-refractivity contribution is 0.654. The van der Waals surface area contributed by atoms with Crippen molar-refractivity contribution in [3.05, 3.63) is 206 Å². The second kappa shape index (κ2) is 14.7. The van der Waals surface area contributed by atoms with Crippen molar-refractivity contribution >= 4 is 124 Å². The highest BCUT2D eigenvalue weighted by Gasteiger charge is 2.17. The van der Waals surface area contributed by atoms with Crippen molar-refractivity contribution in [2.75, 3.05) is 4.90 Å². The van der Waals surface area contributed by atoms with E-state index in [0.29, 0.717) is 5.71 Å². The number of fused-ring (bicyclic) bond motifs is 11. The van der Waals surface area contributed by atoms with Crippen LogP contribution >= 0.6 is 22.7 Å². The van der Waals surface area contributed by atoms with Crippen LogP contribution in [0.3, 0.4) is 0 Å². The molecule has 0 aliphatic rings. The fraction of sp³-hybridized carbons (Fsp3) is 0. The van der Waals surface area contributed by atoms with Gasteiger partial charge in [0.15, 0.2) is 0 Å². The van der Waals surface area contributed by atoms with Gasteiger partial charge in [0.05, 0.1) is 17.1 Å². The van der Waals surface area contributed by atoms with E-state index < -0.39 is 0 Å². The van der Waals surface area contributed by atoms with Gasteiger partial charge in [-0.15, -0.1) is 22.7 Å². The molecule has 8 aromatic carbocycles. The molecule has 0 spiro atoms. The first-order valence-electron chi connectivity index (χ1n) is 22.0. The number of thiophene rings is 2. The summed E-state index contributed by atoms with van der Waals surface area (Å²) >= 11 is 3.50. The van der Waals surface area contributed by atoms with Crippen LogP contribution < -0.4 is 4.90 Å². The number of aromatic nitrogens is 3. The van der Waals surface area contributed by atoms with Crippen molar-refractivity contribution in [1.29, 1.82) is 0 Å². The molecule has 0 bridgehead atoms. The molecular weight excluding hydrogens is 845 g/mol. The first-order valence-corrected chi connectivity index (χ1v) is 23.6. The lowest BCUT2D eigenvalue weighted by Gasteiger charge is -2.26. The molecule has 7 heteroatoms. The molecule has 0 saturated carbocycles. The van der Waals surface area contributed by atoms with Gasteiger partial charge in [-0.25, -0.2) is 15.0 Å². The summed E-state index contributed by atoms with van der Waals surface area (Å²) in [7, 11) is 0. The van der Waals surface area contributed by atoms with Gasteiger partial charge in [0.25, 0.3) is 0 Å². The summed E-state index contributed by atoms with van der Waals surface area (Å²) in [5, 5.41) is 11.6. The first kappa shape index (κ1) is 37.2. The SMILES string of the molecule is c1ccc2c(c1)oc1nc(-c3ccc(N(c4ccc5cc(-c6ccc7c(n6)sc6ccccc67)ccc5c4)c4ccc5cc(-c6ccc7c(n6)sc6ccccc67)ccc5c4)cc3)ccc12. The highest BCUT2D eigenvalue weighted by Crippen LogP contribution is 2.41. The van der Waals surface area contributed by atoms with Crippen LogP contribution in [0.25, 0.3) is 118 Å². The maximum Gasteiger partial charge on any atom is 0.227 e. The van der Waals surface area contributed by atoms with Crippen LogP contribution in [-0.2, 0) is 0 Å². The van der Waals surface area contributed by atoms with E-state index in [1.54, 1.807) is 22.7 Å². The topological polar surface area (TPSA) is 55.1 Å². The van der Waals surface area contributed by atoms with Gasteiger partial charge in [0, 0.05) is 75.5 Å². The smallest absolute Gasteiger partial charge is 0.227 e. The molecule has 6 heterocycles. The predicted octanol–water partition coefficient (Wildman–Crippen LogP) is 17.3. The van der Waals surface area contributed by atoms with E-state index in [2.05, 4.69) is 193 Å². The van der Waals surface area contributed by atoms with Crippen LogP contribution in [0.4, 0.5) is 17.1 Å². The van der Waals surface area contributed by atoms with Crippen LogP contribution in [-0.4, -0.2) is 15.0 Å². The van der Waals surface area contributed by atoms with Crippen LogP contribution in [0.5, 0.6) is 0 Å². The van der Waals surface area contributed by atoms with E-state index in [9.17, 15) is 0 Å². The summed E-state index contributed by atoms with van der Waals surface area (Å²) < 4.78 is 8.68. The third kappa shape index (κ3) is 6.09. The third-order valence-corrected chi connectivity index (χ3v) is 15.1. The second-order valence-electron chi connectivity index (χ2n) is 16.8. The van der Waals surface area contributed by atoms with E-state index in [0.717, 1.165) is 98.4 Å². The molecule has 14 rings (SSSR count). The predicted molar refractivity (Wildman–Crippen MR) is 279 cm³/mol. The number of hydrogen-bond acceptors (Lipinski definition) is 7. The number of para-hydroxylation sites is 1. The van der Waals surface area contributed by atoms with E-state index in [4.69, 9.17) is 19.4 Å². The molecule has 0 aliphatic heterocycles. The Kier molecular flexibility index (Phi) is 8.25. The van der Waals surface area contributed by atoms with Crippen molar-refractivity contribution in [2.24, 2.45) is 0 Å². The Hall–Kier alpha value is -8.23. The minimum atomic E-state index is 0.644. The molecule has 0 saturated heterocycles. The van der Waals surface area contributed by atoms with Crippen LogP contribution in [0.1, 0.15) is 0 Å². The summed E-state index contributed by atoms with van der Waals surface area (Å²) in [4.78, 5) is 19.7. The maximum absolute atomic E-state index is 6.16. The Morgan fingerprint density at radius 3 is 1.38 bits per heavy atom. The molecule has 0 fully saturated rings. The zero-order chi connectivity index (χ0) is 43.3. The van der Waals surface area contributed by atoms with Crippen molar-refractivity contribution in [3.8, 4) is 33.8 Å². The highest BCUT2D eigenvalue weighted by atomic mass is 32.1. The first-order chi connectivity index (χ1) is 32.6. The zero-order valence-corrected chi connectivity index (χ0v) is 36.8. The van der Waals surface area contributed by atoms with Gasteiger partial charge in [-0.3, -0.25) is 0 Å². The molecule has 0 radical (unpaired) electrons. The molecule has 0 unspecified atom stereocenters. The van der Waals surface area contributed by atoms with E-state index in [1.165, 1.54) is 30.9 Å². The average Bonchev–Trinajstić information content (AvgIpc) is 4.07. The third-order valence-electron chi connectivity index (χ3n) is 12.9. The standard InChI is InChI=1S/C59H34N4OS2/c1-4-10-54-45(7-1)48-25-28-51(60-57(48)64-54)35-17-21-42(22-18-35)63(43-23-19-36-31-40(15-13-38(36)33-43)52-29-26-49-46-8-2-5-11-55(46)65-58(49)61-52)44-24-20-37-32-41(16-14-39(37)34-44)53-30-27-50-47-9-3-6-12-56(47)66-59(50)62-53/h1-34H. The van der Waals surface area contributed by atoms with Gasteiger partial charge < -0.3 is 9.32 Å². The zero-order valence-electron chi connectivity index (χ0n) is 35.1. The number of anilines is 3. The van der Waals surface area contributed by atoms with Crippen LogP contribution in [0.2, 0.25) is 0 Å². The molecule has 14 aromatic rings. The molecule has 308 valence electrons. The van der Waals surface area contributed by atoms with E-state index in [-0.39, 0.29) is 0 Å². The minimum absolute atomic E-state index is 0.644. The largest absolute Gasteiger partial charge is 0.438 e. The lowest BCUT2D eigenvalue weighted by atomic mass is 10.0. The van der Waals surface area contributed by atoms with Gasteiger partial charge >= 0.3 is 0 Å². The molecule has 5 nitrogen and oxygen atoms in total. The van der Waals surface area contributed by atoms with Gasteiger partial charge in [0.2, 0.25) is 5.71 Å². The second-order valence-corrected chi connectivity index (χ2v) is 18.9. The van der Waals surface area contributed by atoms with Crippen molar-refractivity contribution in [2.45, 2.75) is 0 Å². The maximum atomic E-state index is 6.16. The van der Waals surface area contributed by atoms with Crippen molar-refractivity contribution in [1.82, 2.24) is 15.0 Å². The van der Waals surface area contributed by atoms with Crippen molar-refractivity contribution in [3.63, 3.8) is 0 Å². The molecular formula is C59H34N4OS2. The number of nitrogens with zero attached hydrogens (tertiary/aromatic N) is 4. The lowest BCUT2D eigenvalue weighted by Crippen LogP contribution is -2.10. The summed E-state index contributed by atoms with van der Waals surface area (Å²) in [6.07, 6.45) is 0. The Morgan fingerprint density at radius 1 is 0.333 bits per heavy atom. The fourth-order valence-corrected chi connectivity index (χ4v) is 11.7. The summed E-state index contributed by atoms with van der Waals surface area (Å²) in [5.74, 6) is 0. The average molecular weight is 879 g/mol. The Morgan fingerprint density at radius 2 is 0.788 bits per heavy atom. The van der Waals surface area contributed by atoms with Gasteiger partial charge in [-0.1, -0.05) is 103 Å². The fourth-order valence-electron chi connectivity index (χ4n) is 9.59. The van der Waals surface area contributed by atoms with Crippen LogP contribution in [0, 0.1) is 0 Å². The number of rotatable bonds is 6. The molecule has 0 amide bonds. The molecule has 6 aromatic heterocycles. The number of benzene rings is 8. The number of furan rings is 1. The molecule has 66 heavy (non-hydrogen) atoms. The Bertz CT molecular complexity index is 4060. The van der Waals surface area contributed by atoms with E-state index >= 15 is 0 Å². The summed E-state index contributed by atoms with van der Waals surface area (Å²) in [6, 6.07) is 73.6. The van der Waals surface area contributed by atoms with Crippen molar-refractivity contribution < 1.29 is 4.42 Å². The minimum Gasteiger partial charge on any atom is -0.438 e. The van der Waals surface area contributed by atoms with Gasteiger partial charge in [-0.05, 0) is 125 Å². The van der Waals surface area contributed by atoms with Gasteiger partial charge in [0.1, 0.15) is 15.2 Å². The quantitative estimate of drug-likeness (QED) is 0.167.